The number of carbonyl (C=O) groups excluding carboxylic acids is 1. The van der Waals surface area contributed by atoms with Crippen LogP contribution in [0.25, 0.3) is 0 Å². The Morgan fingerprint density at radius 3 is 2.65 bits per heavy atom. The smallest absolute Gasteiger partial charge is 0.231 e. The third kappa shape index (κ3) is 2.80. The van der Waals surface area contributed by atoms with Gasteiger partial charge in [-0.05, 0) is 34.9 Å². The Balaban J connectivity index is 1.44. The Hall–Kier alpha value is -2.75. The summed E-state index contributed by atoms with van der Waals surface area (Å²) in [6.07, 6.45) is 1.67. The van der Waals surface area contributed by atoms with Crippen molar-refractivity contribution in [1.29, 1.82) is 0 Å². The van der Waals surface area contributed by atoms with Gasteiger partial charge in [-0.1, -0.05) is 24.8 Å². The number of nitrogens with one attached hydrogen (secondary N) is 1. The second-order valence-corrected chi connectivity index (χ2v) is 5.98. The van der Waals surface area contributed by atoms with Crippen LogP contribution in [-0.2, 0) is 24.1 Å². The number of Topliss-reactive ketones (excluding diaryl/α,β-unsaturated/α-hetero) is 1. The molecule has 0 radical (unpaired) electrons. The van der Waals surface area contributed by atoms with E-state index >= 15 is 0 Å². The van der Waals surface area contributed by atoms with E-state index in [1.165, 1.54) is 5.56 Å². The van der Waals surface area contributed by atoms with Gasteiger partial charge in [0.1, 0.15) is 5.78 Å². The van der Waals surface area contributed by atoms with Crippen LogP contribution < -0.4 is 14.8 Å². The lowest BCUT2D eigenvalue weighted by molar-refractivity contribution is -0.117. The molecule has 0 spiro atoms. The van der Waals surface area contributed by atoms with E-state index in [2.05, 4.69) is 18.0 Å². The first-order valence-electron chi connectivity index (χ1n) is 7.64. The molecular formula is C19H17NO3. The molecule has 0 saturated heterocycles. The summed E-state index contributed by atoms with van der Waals surface area (Å²) in [6.45, 7) is 4.19. The summed E-state index contributed by atoms with van der Waals surface area (Å²) in [7, 11) is 0. The number of carbonyl (C=O) groups is 1. The number of rotatable bonds is 4. The lowest BCUT2D eigenvalue weighted by atomic mass is 10.00. The summed E-state index contributed by atoms with van der Waals surface area (Å²) in [6, 6.07) is 11.8. The third-order valence-corrected chi connectivity index (χ3v) is 4.12. The Bertz CT molecular complexity index is 810. The molecule has 0 atom stereocenters. The molecule has 0 fully saturated rings. The van der Waals surface area contributed by atoms with Crippen LogP contribution in [0.5, 0.6) is 11.5 Å². The van der Waals surface area contributed by atoms with Gasteiger partial charge in [0, 0.05) is 30.6 Å². The number of ketones is 1. The molecule has 23 heavy (non-hydrogen) atoms. The van der Waals surface area contributed by atoms with E-state index in [0.717, 1.165) is 40.4 Å². The zero-order valence-corrected chi connectivity index (χ0v) is 12.7. The minimum atomic E-state index is 0.189. The molecule has 4 rings (SSSR count). The molecule has 2 aromatic carbocycles. The van der Waals surface area contributed by atoms with Crippen molar-refractivity contribution in [3.05, 3.63) is 65.4 Å². The maximum atomic E-state index is 12.3. The molecule has 0 aliphatic carbocycles. The van der Waals surface area contributed by atoms with Crippen LogP contribution in [0, 0.1) is 0 Å². The zero-order chi connectivity index (χ0) is 15.8. The van der Waals surface area contributed by atoms with Crippen LogP contribution in [0.3, 0.4) is 0 Å². The Morgan fingerprint density at radius 1 is 1.04 bits per heavy atom. The monoisotopic (exact) mass is 307 g/mol. The van der Waals surface area contributed by atoms with Crippen molar-refractivity contribution in [2.24, 2.45) is 0 Å². The molecule has 2 aromatic rings. The van der Waals surface area contributed by atoms with Crippen LogP contribution in [0.4, 0.5) is 5.69 Å². The lowest BCUT2D eigenvalue weighted by Gasteiger charge is -2.05. The van der Waals surface area contributed by atoms with Crippen molar-refractivity contribution < 1.29 is 14.3 Å². The number of ether oxygens (including phenoxy) is 2. The maximum absolute atomic E-state index is 12.3. The fraction of sp³-hybridized carbons (Fsp3) is 0.211. The van der Waals surface area contributed by atoms with Gasteiger partial charge in [-0.15, -0.1) is 0 Å². The van der Waals surface area contributed by atoms with Gasteiger partial charge in [-0.3, -0.25) is 4.79 Å². The number of fused-ring (bicyclic) bond motifs is 2. The van der Waals surface area contributed by atoms with Crippen LogP contribution in [0.1, 0.15) is 16.7 Å². The topological polar surface area (TPSA) is 47.6 Å². The third-order valence-electron chi connectivity index (χ3n) is 4.12. The molecule has 0 bridgehead atoms. The normalized spacial score (nSPS) is 14.5. The summed E-state index contributed by atoms with van der Waals surface area (Å²) in [4.78, 5) is 12.3. The van der Waals surface area contributed by atoms with Gasteiger partial charge in [0.2, 0.25) is 6.79 Å². The first-order chi connectivity index (χ1) is 11.2. The van der Waals surface area contributed by atoms with Crippen molar-refractivity contribution in [2.75, 3.05) is 12.1 Å². The quantitative estimate of drug-likeness (QED) is 0.942. The van der Waals surface area contributed by atoms with Crippen LogP contribution in [0.2, 0.25) is 0 Å². The van der Waals surface area contributed by atoms with Crippen molar-refractivity contribution in [1.82, 2.24) is 0 Å². The molecule has 116 valence electrons. The molecule has 0 unspecified atom stereocenters. The summed E-state index contributed by atoms with van der Waals surface area (Å²) in [5, 5.41) is 3.24. The molecule has 0 amide bonds. The molecule has 1 N–H and O–H groups in total. The predicted molar refractivity (Wildman–Crippen MR) is 87.9 cm³/mol. The van der Waals surface area contributed by atoms with E-state index in [-0.39, 0.29) is 12.6 Å². The first kappa shape index (κ1) is 13.9. The maximum Gasteiger partial charge on any atom is 0.231 e. The molecule has 2 aliphatic rings. The van der Waals surface area contributed by atoms with E-state index in [1.807, 2.05) is 30.3 Å². The van der Waals surface area contributed by atoms with E-state index in [1.54, 1.807) is 0 Å². The molecule has 0 saturated carbocycles. The van der Waals surface area contributed by atoms with E-state index < -0.39 is 0 Å². The first-order valence-corrected chi connectivity index (χ1v) is 7.64. The highest BCUT2D eigenvalue weighted by molar-refractivity contribution is 5.83. The molecule has 2 heterocycles. The molecule has 4 nitrogen and oxygen atoms in total. The van der Waals surface area contributed by atoms with Crippen molar-refractivity contribution in [2.45, 2.75) is 19.3 Å². The average molecular weight is 307 g/mol. The van der Waals surface area contributed by atoms with Gasteiger partial charge in [0.25, 0.3) is 0 Å². The molecular weight excluding hydrogens is 290 g/mol. The number of allylic oxidation sites excluding steroid dienone is 1. The highest BCUT2D eigenvalue weighted by Crippen LogP contribution is 2.33. The fourth-order valence-electron chi connectivity index (χ4n) is 3.06. The number of benzene rings is 2. The second-order valence-electron chi connectivity index (χ2n) is 5.98. The average Bonchev–Trinajstić information content (AvgIpc) is 3.11. The number of anilines is 1. The van der Waals surface area contributed by atoms with Crippen LogP contribution >= 0.6 is 0 Å². The summed E-state index contributed by atoms with van der Waals surface area (Å²) < 4.78 is 10.6. The van der Waals surface area contributed by atoms with Gasteiger partial charge in [0.15, 0.2) is 11.5 Å². The zero-order valence-electron chi connectivity index (χ0n) is 12.7. The minimum absolute atomic E-state index is 0.189. The highest BCUT2D eigenvalue weighted by atomic mass is 16.7. The van der Waals surface area contributed by atoms with Crippen LogP contribution in [0.15, 0.2) is 48.7 Å². The standard InChI is InChI=1S/C19H17NO3/c1-12-6-15-7-13(2-4-17(15)20-12)8-16(21)9-14-3-5-18-19(10-14)23-11-22-18/h2-5,7,10,20H,1,6,8-9,11H2. The van der Waals surface area contributed by atoms with Gasteiger partial charge in [0.05, 0.1) is 0 Å². The Labute approximate surface area is 134 Å². The fourth-order valence-corrected chi connectivity index (χ4v) is 3.06. The van der Waals surface area contributed by atoms with Gasteiger partial charge < -0.3 is 14.8 Å². The van der Waals surface area contributed by atoms with Gasteiger partial charge in [-0.2, -0.15) is 0 Å². The van der Waals surface area contributed by atoms with Crippen LogP contribution in [-0.4, -0.2) is 12.6 Å². The van der Waals surface area contributed by atoms with Crippen molar-refractivity contribution in [3.8, 4) is 11.5 Å². The molecule has 4 heteroatoms. The Morgan fingerprint density at radius 2 is 1.78 bits per heavy atom. The lowest BCUT2D eigenvalue weighted by Crippen LogP contribution is -2.06. The summed E-state index contributed by atoms with van der Waals surface area (Å²) in [5.41, 5.74) is 5.32. The molecule has 2 aliphatic heterocycles. The van der Waals surface area contributed by atoms with Gasteiger partial charge >= 0.3 is 0 Å². The van der Waals surface area contributed by atoms with Crippen molar-refractivity contribution in [3.63, 3.8) is 0 Å². The van der Waals surface area contributed by atoms with Gasteiger partial charge in [-0.25, -0.2) is 0 Å². The van der Waals surface area contributed by atoms with E-state index in [9.17, 15) is 4.79 Å². The number of hydrogen-bond acceptors (Lipinski definition) is 4. The number of hydrogen-bond donors (Lipinski definition) is 1. The van der Waals surface area contributed by atoms with Crippen molar-refractivity contribution >= 4 is 11.5 Å². The predicted octanol–water partition coefficient (Wildman–Crippen LogP) is 3.25. The van der Waals surface area contributed by atoms with E-state index in [4.69, 9.17) is 9.47 Å². The summed E-state index contributed by atoms with van der Waals surface area (Å²) in [5.74, 6) is 1.65. The Kier molecular flexibility index (Phi) is 3.30. The largest absolute Gasteiger partial charge is 0.454 e. The minimum Gasteiger partial charge on any atom is -0.454 e. The summed E-state index contributed by atoms with van der Waals surface area (Å²) >= 11 is 0. The molecule has 0 aromatic heterocycles. The van der Waals surface area contributed by atoms with E-state index in [0.29, 0.717) is 12.8 Å². The second kappa shape index (κ2) is 5.47. The highest BCUT2D eigenvalue weighted by Gasteiger charge is 2.16. The SMILES string of the molecule is C=C1Cc2cc(CC(=O)Cc3ccc4c(c3)OCO4)ccc2N1.